The van der Waals surface area contributed by atoms with Gasteiger partial charge in [-0.3, -0.25) is 0 Å². The molecule has 3 nitrogen and oxygen atoms in total. The molecule has 0 bridgehead atoms. The van der Waals surface area contributed by atoms with Gasteiger partial charge in [-0.1, -0.05) is 12.8 Å². The van der Waals surface area contributed by atoms with E-state index in [9.17, 15) is 0 Å². The maximum atomic E-state index is 5.78. The molecule has 2 fully saturated rings. The van der Waals surface area contributed by atoms with Crippen molar-refractivity contribution in [2.45, 2.75) is 44.4 Å². The van der Waals surface area contributed by atoms with Gasteiger partial charge in [-0.25, -0.2) is 4.98 Å². The Balaban J connectivity index is 1.84. The van der Waals surface area contributed by atoms with Crippen molar-refractivity contribution < 1.29 is 4.42 Å². The smallest absolute Gasteiger partial charge is 0.200 e. The zero-order valence-corrected chi connectivity index (χ0v) is 9.25. The van der Waals surface area contributed by atoms with Crippen molar-refractivity contribution in [2.75, 3.05) is 13.1 Å². The number of hydrogen-bond acceptors (Lipinski definition) is 3. The average molecular weight is 206 g/mol. The van der Waals surface area contributed by atoms with Crippen LogP contribution in [0, 0.1) is 6.92 Å². The largest absolute Gasteiger partial charge is 0.445 e. The summed E-state index contributed by atoms with van der Waals surface area (Å²) in [6.45, 7) is 4.13. The normalized spacial score (nSPS) is 23.3. The number of rotatable bonds is 2. The maximum Gasteiger partial charge on any atom is 0.200 e. The summed E-state index contributed by atoms with van der Waals surface area (Å²) >= 11 is 0. The molecular formula is C12H18N2O. The molecule has 2 heterocycles. The van der Waals surface area contributed by atoms with E-state index in [-0.39, 0.29) is 0 Å². The van der Waals surface area contributed by atoms with Crippen LogP contribution in [0.15, 0.2) is 4.42 Å². The molecular weight excluding hydrogens is 188 g/mol. The van der Waals surface area contributed by atoms with Crippen LogP contribution in [0.1, 0.15) is 54.9 Å². The van der Waals surface area contributed by atoms with E-state index in [2.05, 4.69) is 12.2 Å². The Kier molecular flexibility index (Phi) is 2.28. The molecule has 1 saturated heterocycles. The van der Waals surface area contributed by atoms with Gasteiger partial charge in [0.2, 0.25) is 0 Å². The Morgan fingerprint density at radius 2 is 1.93 bits per heavy atom. The lowest BCUT2D eigenvalue weighted by Gasteiger charge is -2.23. The Labute approximate surface area is 90.3 Å². The highest BCUT2D eigenvalue weighted by Crippen LogP contribution is 2.36. The molecule has 0 spiro atoms. The summed E-state index contributed by atoms with van der Waals surface area (Å²) in [7, 11) is 0. The molecule has 15 heavy (non-hydrogen) atoms. The summed E-state index contributed by atoms with van der Waals surface area (Å²) in [6.07, 6.45) is 5.32. The molecule has 1 N–H and O–H groups in total. The first-order valence-corrected chi connectivity index (χ1v) is 6.02. The van der Waals surface area contributed by atoms with E-state index in [1.165, 1.54) is 31.4 Å². The quantitative estimate of drug-likeness (QED) is 0.807. The first kappa shape index (κ1) is 9.40. The van der Waals surface area contributed by atoms with E-state index in [1.807, 2.05) is 0 Å². The lowest BCUT2D eigenvalue weighted by atomic mass is 10.0. The lowest BCUT2D eigenvalue weighted by Crippen LogP contribution is -2.40. The molecule has 0 aromatic carbocycles. The van der Waals surface area contributed by atoms with Gasteiger partial charge in [0.1, 0.15) is 5.76 Å². The molecule has 1 aliphatic heterocycles. The van der Waals surface area contributed by atoms with Crippen LogP contribution < -0.4 is 5.32 Å². The summed E-state index contributed by atoms with van der Waals surface area (Å²) < 4.78 is 5.78. The topological polar surface area (TPSA) is 38.1 Å². The first-order chi connectivity index (χ1) is 7.34. The standard InChI is InChI=1S/C12H18N2O/c1-8-11(9-4-2-3-5-9)14-12(15-8)10-6-13-7-10/h9-10,13H,2-7H2,1H3. The molecule has 2 aliphatic rings. The predicted molar refractivity (Wildman–Crippen MR) is 58.1 cm³/mol. The summed E-state index contributed by atoms with van der Waals surface area (Å²) in [5, 5.41) is 3.26. The van der Waals surface area contributed by atoms with Crippen LogP contribution in [-0.2, 0) is 0 Å². The second-order valence-electron chi connectivity index (χ2n) is 4.83. The predicted octanol–water partition coefficient (Wildman–Crippen LogP) is 2.33. The van der Waals surface area contributed by atoms with Gasteiger partial charge in [-0.05, 0) is 19.8 Å². The van der Waals surface area contributed by atoms with E-state index in [4.69, 9.17) is 9.40 Å². The van der Waals surface area contributed by atoms with Crippen molar-refractivity contribution in [1.29, 1.82) is 0 Å². The third-order valence-corrected chi connectivity index (χ3v) is 3.72. The second-order valence-corrected chi connectivity index (χ2v) is 4.83. The van der Waals surface area contributed by atoms with Crippen LogP contribution in [0.4, 0.5) is 0 Å². The third kappa shape index (κ3) is 1.59. The van der Waals surface area contributed by atoms with Crippen LogP contribution in [0.2, 0.25) is 0 Å². The van der Waals surface area contributed by atoms with E-state index in [1.54, 1.807) is 0 Å². The number of oxazole rings is 1. The number of hydrogen-bond donors (Lipinski definition) is 1. The average Bonchev–Trinajstić information content (AvgIpc) is 2.70. The Bertz CT molecular complexity index is 349. The Morgan fingerprint density at radius 1 is 1.20 bits per heavy atom. The first-order valence-electron chi connectivity index (χ1n) is 6.02. The fourth-order valence-electron chi connectivity index (χ4n) is 2.65. The number of nitrogens with zero attached hydrogens (tertiary/aromatic N) is 1. The number of nitrogens with one attached hydrogen (secondary N) is 1. The summed E-state index contributed by atoms with van der Waals surface area (Å²) in [5.74, 6) is 3.23. The monoisotopic (exact) mass is 206 g/mol. The van der Waals surface area contributed by atoms with Gasteiger partial charge in [-0.15, -0.1) is 0 Å². The third-order valence-electron chi connectivity index (χ3n) is 3.72. The highest BCUT2D eigenvalue weighted by molar-refractivity contribution is 5.17. The SMILES string of the molecule is Cc1oc(C2CNC2)nc1C1CCCC1. The molecule has 1 aliphatic carbocycles. The lowest BCUT2D eigenvalue weighted by molar-refractivity contribution is 0.350. The van der Waals surface area contributed by atoms with Crippen molar-refractivity contribution in [2.24, 2.45) is 0 Å². The van der Waals surface area contributed by atoms with Gasteiger partial charge in [0.25, 0.3) is 0 Å². The van der Waals surface area contributed by atoms with Gasteiger partial charge in [0.15, 0.2) is 5.89 Å². The van der Waals surface area contributed by atoms with Gasteiger partial charge in [-0.2, -0.15) is 0 Å². The van der Waals surface area contributed by atoms with Gasteiger partial charge in [0.05, 0.1) is 11.6 Å². The minimum atomic E-state index is 0.527. The van der Waals surface area contributed by atoms with Crippen molar-refractivity contribution in [3.05, 3.63) is 17.3 Å². The molecule has 82 valence electrons. The Hall–Kier alpha value is -0.830. The highest BCUT2D eigenvalue weighted by Gasteiger charge is 2.28. The van der Waals surface area contributed by atoms with Crippen LogP contribution in [-0.4, -0.2) is 18.1 Å². The zero-order chi connectivity index (χ0) is 10.3. The molecule has 0 radical (unpaired) electrons. The minimum absolute atomic E-state index is 0.527. The molecule has 0 unspecified atom stereocenters. The van der Waals surface area contributed by atoms with Crippen molar-refractivity contribution in [1.82, 2.24) is 10.3 Å². The van der Waals surface area contributed by atoms with Crippen LogP contribution in [0.25, 0.3) is 0 Å². The van der Waals surface area contributed by atoms with Gasteiger partial charge in [0, 0.05) is 19.0 Å². The second kappa shape index (κ2) is 3.63. The van der Waals surface area contributed by atoms with E-state index in [0.29, 0.717) is 11.8 Å². The fourth-order valence-corrected chi connectivity index (χ4v) is 2.65. The number of aryl methyl sites for hydroxylation is 1. The molecule has 0 amide bonds. The van der Waals surface area contributed by atoms with E-state index in [0.717, 1.165) is 24.7 Å². The van der Waals surface area contributed by atoms with Crippen molar-refractivity contribution in [3.8, 4) is 0 Å². The Morgan fingerprint density at radius 3 is 2.53 bits per heavy atom. The van der Waals surface area contributed by atoms with Crippen LogP contribution in [0.3, 0.4) is 0 Å². The molecule has 1 aromatic heterocycles. The van der Waals surface area contributed by atoms with E-state index >= 15 is 0 Å². The van der Waals surface area contributed by atoms with Crippen molar-refractivity contribution in [3.63, 3.8) is 0 Å². The molecule has 1 aromatic rings. The van der Waals surface area contributed by atoms with E-state index < -0.39 is 0 Å². The van der Waals surface area contributed by atoms with Crippen LogP contribution >= 0.6 is 0 Å². The molecule has 0 atom stereocenters. The van der Waals surface area contributed by atoms with Gasteiger partial charge < -0.3 is 9.73 Å². The van der Waals surface area contributed by atoms with Crippen LogP contribution in [0.5, 0.6) is 0 Å². The molecule has 3 rings (SSSR count). The maximum absolute atomic E-state index is 5.78. The zero-order valence-electron chi connectivity index (χ0n) is 9.25. The molecule has 3 heteroatoms. The highest BCUT2D eigenvalue weighted by atomic mass is 16.4. The van der Waals surface area contributed by atoms with Crippen molar-refractivity contribution >= 4 is 0 Å². The number of aromatic nitrogens is 1. The summed E-state index contributed by atoms with van der Waals surface area (Å²) in [5.41, 5.74) is 1.24. The summed E-state index contributed by atoms with van der Waals surface area (Å²) in [4.78, 5) is 4.71. The minimum Gasteiger partial charge on any atom is -0.445 e. The molecule has 1 saturated carbocycles. The van der Waals surface area contributed by atoms with Gasteiger partial charge >= 0.3 is 0 Å². The fraction of sp³-hybridized carbons (Fsp3) is 0.750. The summed E-state index contributed by atoms with van der Waals surface area (Å²) in [6, 6.07) is 0.